The molecule has 2 N–H and O–H groups in total. The molecule has 1 aromatic heterocycles. The number of anilines is 1. The van der Waals surface area contributed by atoms with Crippen LogP contribution in [-0.2, 0) is 0 Å². The SMILES string of the molecule is Cc1ccc2cc(-c3csc(N)n3)ccc2c1. The first-order valence-electron chi connectivity index (χ1n) is 5.44. The van der Waals surface area contributed by atoms with E-state index in [4.69, 9.17) is 5.73 Å². The third-order valence-electron chi connectivity index (χ3n) is 2.81. The van der Waals surface area contributed by atoms with Crippen LogP contribution in [0.4, 0.5) is 5.13 Å². The molecule has 1 heterocycles. The highest BCUT2D eigenvalue weighted by Gasteiger charge is 2.03. The van der Waals surface area contributed by atoms with Crippen molar-refractivity contribution in [1.29, 1.82) is 0 Å². The summed E-state index contributed by atoms with van der Waals surface area (Å²) in [6.45, 7) is 2.11. The lowest BCUT2D eigenvalue weighted by atomic mass is 10.0. The standard InChI is InChI=1S/C14H12N2S/c1-9-2-3-11-7-12(5-4-10(11)6-9)13-8-17-14(15)16-13/h2-8H,1H3,(H2,15,16). The Labute approximate surface area is 104 Å². The van der Waals surface area contributed by atoms with Crippen molar-refractivity contribution in [3.05, 3.63) is 47.3 Å². The van der Waals surface area contributed by atoms with Gasteiger partial charge in [-0.3, -0.25) is 0 Å². The maximum atomic E-state index is 5.66. The van der Waals surface area contributed by atoms with Crippen LogP contribution >= 0.6 is 11.3 Å². The predicted molar refractivity (Wildman–Crippen MR) is 74.2 cm³/mol. The molecule has 3 heteroatoms. The Kier molecular flexibility index (Phi) is 2.34. The molecule has 0 fully saturated rings. The van der Waals surface area contributed by atoms with Crippen molar-refractivity contribution in [3.8, 4) is 11.3 Å². The molecule has 0 saturated heterocycles. The van der Waals surface area contributed by atoms with Gasteiger partial charge in [-0.2, -0.15) is 0 Å². The van der Waals surface area contributed by atoms with Crippen molar-refractivity contribution in [2.75, 3.05) is 5.73 Å². The molecular formula is C14H12N2S. The lowest BCUT2D eigenvalue weighted by molar-refractivity contribution is 1.42. The molecule has 3 rings (SSSR count). The normalized spacial score (nSPS) is 10.9. The van der Waals surface area contributed by atoms with Gasteiger partial charge in [-0.15, -0.1) is 11.3 Å². The second-order valence-corrected chi connectivity index (χ2v) is 5.03. The number of nitrogens with two attached hydrogens (primary N) is 1. The minimum absolute atomic E-state index is 0.615. The molecule has 3 aromatic rings. The summed E-state index contributed by atoms with van der Waals surface area (Å²) in [5.41, 5.74) is 9.01. The van der Waals surface area contributed by atoms with E-state index in [-0.39, 0.29) is 0 Å². The highest BCUT2D eigenvalue weighted by atomic mass is 32.1. The zero-order valence-corrected chi connectivity index (χ0v) is 10.3. The highest BCUT2D eigenvalue weighted by Crippen LogP contribution is 2.26. The Morgan fingerprint density at radius 1 is 1.06 bits per heavy atom. The van der Waals surface area contributed by atoms with Crippen molar-refractivity contribution in [1.82, 2.24) is 4.98 Å². The Hall–Kier alpha value is -1.87. The van der Waals surface area contributed by atoms with Gasteiger partial charge in [0.15, 0.2) is 5.13 Å². The number of rotatable bonds is 1. The molecule has 0 unspecified atom stereocenters. The van der Waals surface area contributed by atoms with Crippen molar-refractivity contribution >= 4 is 27.2 Å². The van der Waals surface area contributed by atoms with E-state index in [1.54, 1.807) is 0 Å². The van der Waals surface area contributed by atoms with E-state index in [1.807, 2.05) is 5.38 Å². The molecule has 0 atom stereocenters. The van der Waals surface area contributed by atoms with Gasteiger partial charge in [0, 0.05) is 10.9 Å². The number of nitrogens with zero attached hydrogens (tertiary/aromatic N) is 1. The summed E-state index contributed by atoms with van der Waals surface area (Å²) in [5, 5.41) is 5.10. The number of nitrogen functional groups attached to an aromatic ring is 1. The van der Waals surface area contributed by atoms with Crippen molar-refractivity contribution in [2.45, 2.75) is 6.92 Å². The minimum atomic E-state index is 0.615. The fraction of sp³-hybridized carbons (Fsp3) is 0.0714. The van der Waals surface area contributed by atoms with E-state index in [2.05, 4.69) is 48.3 Å². The van der Waals surface area contributed by atoms with Crippen LogP contribution in [0.15, 0.2) is 41.8 Å². The van der Waals surface area contributed by atoms with Gasteiger partial charge in [-0.1, -0.05) is 35.9 Å². The molecule has 0 spiro atoms. The molecule has 0 bridgehead atoms. The largest absolute Gasteiger partial charge is 0.375 e. The molecule has 0 aliphatic heterocycles. The molecule has 2 aromatic carbocycles. The highest BCUT2D eigenvalue weighted by molar-refractivity contribution is 7.13. The average molecular weight is 240 g/mol. The molecule has 0 aliphatic rings. The zero-order chi connectivity index (χ0) is 11.8. The number of hydrogen-bond donors (Lipinski definition) is 1. The Bertz CT molecular complexity index is 686. The number of benzene rings is 2. The van der Waals surface area contributed by atoms with E-state index in [1.165, 1.54) is 27.7 Å². The Balaban J connectivity index is 2.16. The van der Waals surface area contributed by atoms with Gasteiger partial charge in [0.2, 0.25) is 0 Å². The van der Waals surface area contributed by atoms with Crippen LogP contribution in [0.25, 0.3) is 22.0 Å². The molecule has 17 heavy (non-hydrogen) atoms. The zero-order valence-electron chi connectivity index (χ0n) is 9.47. The molecule has 0 saturated carbocycles. The summed E-state index contributed by atoms with van der Waals surface area (Å²) >= 11 is 1.47. The van der Waals surface area contributed by atoms with E-state index >= 15 is 0 Å². The van der Waals surface area contributed by atoms with Crippen LogP contribution in [0.5, 0.6) is 0 Å². The Morgan fingerprint density at radius 3 is 2.59 bits per heavy atom. The van der Waals surface area contributed by atoms with Crippen LogP contribution in [0.2, 0.25) is 0 Å². The lowest BCUT2D eigenvalue weighted by Gasteiger charge is -2.02. The second-order valence-electron chi connectivity index (χ2n) is 4.14. The van der Waals surface area contributed by atoms with Crippen LogP contribution < -0.4 is 5.73 Å². The maximum absolute atomic E-state index is 5.66. The van der Waals surface area contributed by atoms with Gasteiger partial charge in [0.05, 0.1) is 5.69 Å². The van der Waals surface area contributed by atoms with E-state index < -0.39 is 0 Å². The fourth-order valence-corrected chi connectivity index (χ4v) is 2.52. The van der Waals surface area contributed by atoms with E-state index in [9.17, 15) is 0 Å². The van der Waals surface area contributed by atoms with Crippen LogP contribution in [0.1, 0.15) is 5.56 Å². The molecule has 84 valence electrons. The monoisotopic (exact) mass is 240 g/mol. The lowest BCUT2D eigenvalue weighted by Crippen LogP contribution is -1.83. The first-order chi connectivity index (χ1) is 8.22. The first kappa shape index (κ1) is 10.3. The second kappa shape index (κ2) is 3.86. The Morgan fingerprint density at radius 2 is 1.82 bits per heavy atom. The topological polar surface area (TPSA) is 38.9 Å². The molecule has 0 aliphatic carbocycles. The number of fused-ring (bicyclic) bond motifs is 1. The third-order valence-corrected chi connectivity index (χ3v) is 3.49. The van der Waals surface area contributed by atoms with Gasteiger partial charge in [-0.25, -0.2) is 4.98 Å². The smallest absolute Gasteiger partial charge is 0.180 e. The molecule has 0 amide bonds. The summed E-state index contributed by atoms with van der Waals surface area (Å²) < 4.78 is 0. The summed E-state index contributed by atoms with van der Waals surface area (Å²) in [6, 6.07) is 12.8. The van der Waals surface area contributed by atoms with E-state index in [0.717, 1.165) is 11.3 Å². The van der Waals surface area contributed by atoms with Gasteiger partial charge >= 0.3 is 0 Å². The van der Waals surface area contributed by atoms with E-state index in [0.29, 0.717) is 5.13 Å². The summed E-state index contributed by atoms with van der Waals surface area (Å²) in [6.07, 6.45) is 0. The fourth-order valence-electron chi connectivity index (χ4n) is 1.94. The quantitative estimate of drug-likeness (QED) is 0.701. The molecular weight excluding hydrogens is 228 g/mol. The number of aryl methyl sites for hydroxylation is 1. The number of hydrogen-bond acceptors (Lipinski definition) is 3. The minimum Gasteiger partial charge on any atom is -0.375 e. The summed E-state index contributed by atoms with van der Waals surface area (Å²) in [7, 11) is 0. The number of aromatic nitrogens is 1. The van der Waals surface area contributed by atoms with Crippen LogP contribution in [0.3, 0.4) is 0 Å². The van der Waals surface area contributed by atoms with Crippen LogP contribution in [-0.4, -0.2) is 4.98 Å². The van der Waals surface area contributed by atoms with Crippen molar-refractivity contribution in [2.24, 2.45) is 0 Å². The maximum Gasteiger partial charge on any atom is 0.180 e. The van der Waals surface area contributed by atoms with Crippen LogP contribution in [0, 0.1) is 6.92 Å². The molecule has 0 radical (unpaired) electrons. The average Bonchev–Trinajstić information content (AvgIpc) is 2.75. The van der Waals surface area contributed by atoms with Gasteiger partial charge in [0.25, 0.3) is 0 Å². The van der Waals surface area contributed by atoms with Crippen molar-refractivity contribution in [3.63, 3.8) is 0 Å². The first-order valence-corrected chi connectivity index (χ1v) is 6.32. The van der Waals surface area contributed by atoms with Gasteiger partial charge < -0.3 is 5.73 Å². The number of thiazole rings is 1. The molecule has 2 nitrogen and oxygen atoms in total. The summed E-state index contributed by atoms with van der Waals surface area (Å²) in [5.74, 6) is 0. The van der Waals surface area contributed by atoms with Gasteiger partial charge in [-0.05, 0) is 23.8 Å². The predicted octanol–water partition coefficient (Wildman–Crippen LogP) is 3.85. The summed E-state index contributed by atoms with van der Waals surface area (Å²) in [4.78, 5) is 4.30. The van der Waals surface area contributed by atoms with Crippen molar-refractivity contribution < 1.29 is 0 Å². The third kappa shape index (κ3) is 1.89. The van der Waals surface area contributed by atoms with Gasteiger partial charge in [0.1, 0.15) is 0 Å².